The van der Waals surface area contributed by atoms with Crippen LogP contribution in [0.3, 0.4) is 0 Å². The number of benzene rings is 1. The summed E-state index contributed by atoms with van der Waals surface area (Å²) in [5, 5.41) is 0. The second-order valence-electron chi connectivity index (χ2n) is 3.19. The molecule has 1 rings (SSSR count). The molecule has 0 fully saturated rings. The van der Waals surface area contributed by atoms with Gasteiger partial charge in [0.25, 0.3) is 0 Å². The lowest BCUT2D eigenvalue weighted by molar-refractivity contribution is -0.137. The van der Waals surface area contributed by atoms with Gasteiger partial charge in [-0.1, -0.05) is 0 Å². The first-order valence-electron chi connectivity index (χ1n) is 5.28. The molecule has 0 heterocycles. The second-order valence-corrected chi connectivity index (χ2v) is 3.19. The van der Waals surface area contributed by atoms with Crippen molar-refractivity contribution in [3.8, 4) is 11.5 Å². The van der Waals surface area contributed by atoms with Crippen molar-refractivity contribution in [2.45, 2.75) is 6.92 Å². The van der Waals surface area contributed by atoms with Crippen LogP contribution in [0.25, 0.3) is 6.08 Å². The third-order valence-electron chi connectivity index (χ3n) is 2.12. The molecule has 92 valence electrons. The number of hydrogen-bond donors (Lipinski definition) is 0. The minimum atomic E-state index is -0.377. The van der Waals surface area contributed by atoms with Crippen LogP contribution in [-0.4, -0.2) is 26.8 Å². The highest BCUT2D eigenvalue weighted by Crippen LogP contribution is 2.24. The SMILES string of the molecule is CCOC(=O)C=Cc1cc(OC)ccc1OC. The van der Waals surface area contributed by atoms with E-state index in [0.717, 1.165) is 5.56 Å². The Kier molecular flexibility index (Phi) is 5.07. The number of carbonyl (C=O) groups excluding carboxylic acids is 1. The van der Waals surface area contributed by atoms with Gasteiger partial charge in [-0.25, -0.2) is 4.79 Å². The molecule has 0 radical (unpaired) electrons. The quantitative estimate of drug-likeness (QED) is 0.581. The lowest BCUT2D eigenvalue weighted by Crippen LogP contribution is -1.98. The summed E-state index contributed by atoms with van der Waals surface area (Å²) >= 11 is 0. The van der Waals surface area contributed by atoms with Gasteiger partial charge in [-0.2, -0.15) is 0 Å². The minimum absolute atomic E-state index is 0.360. The van der Waals surface area contributed by atoms with Crippen LogP contribution in [-0.2, 0) is 9.53 Å². The van der Waals surface area contributed by atoms with Crippen LogP contribution in [0, 0.1) is 0 Å². The molecule has 4 heteroatoms. The molecule has 0 atom stereocenters. The predicted molar refractivity (Wildman–Crippen MR) is 65.2 cm³/mol. The van der Waals surface area contributed by atoms with Crippen molar-refractivity contribution in [1.29, 1.82) is 0 Å². The summed E-state index contributed by atoms with van der Waals surface area (Å²) in [6.07, 6.45) is 3.00. The van der Waals surface area contributed by atoms with Crippen LogP contribution in [0.1, 0.15) is 12.5 Å². The van der Waals surface area contributed by atoms with Crippen molar-refractivity contribution >= 4 is 12.0 Å². The maximum absolute atomic E-state index is 11.2. The fourth-order valence-corrected chi connectivity index (χ4v) is 1.32. The third kappa shape index (κ3) is 3.83. The van der Waals surface area contributed by atoms with E-state index in [1.165, 1.54) is 6.08 Å². The highest BCUT2D eigenvalue weighted by molar-refractivity contribution is 5.87. The van der Waals surface area contributed by atoms with Crippen LogP contribution >= 0.6 is 0 Å². The van der Waals surface area contributed by atoms with E-state index in [1.807, 2.05) is 0 Å². The van der Waals surface area contributed by atoms with Crippen molar-refractivity contribution in [2.24, 2.45) is 0 Å². The lowest BCUT2D eigenvalue weighted by atomic mass is 10.1. The summed E-state index contributed by atoms with van der Waals surface area (Å²) in [6.45, 7) is 2.12. The second kappa shape index (κ2) is 6.58. The van der Waals surface area contributed by atoms with Gasteiger partial charge in [0.2, 0.25) is 0 Å². The first-order chi connectivity index (χ1) is 8.21. The van der Waals surface area contributed by atoms with Crippen LogP contribution < -0.4 is 9.47 Å². The summed E-state index contributed by atoms with van der Waals surface area (Å²) in [6, 6.07) is 5.36. The molecule has 0 saturated heterocycles. The standard InChI is InChI=1S/C13H16O4/c1-4-17-13(14)8-5-10-9-11(15-2)6-7-12(10)16-3/h5-9H,4H2,1-3H3. The Morgan fingerprint density at radius 2 is 2.06 bits per heavy atom. The van der Waals surface area contributed by atoms with Crippen molar-refractivity contribution in [3.05, 3.63) is 29.8 Å². The van der Waals surface area contributed by atoms with E-state index in [2.05, 4.69) is 0 Å². The molecule has 1 aromatic carbocycles. The summed E-state index contributed by atoms with van der Waals surface area (Å²) < 4.78 is 15.1. The van der Waals surface area contributed by atoms with Crippen molar-refractivity contribution in [2.75, 3.05) is 20.8 Å². The molecule has 0 aromatic heterocycles. The summed E-state index contributed by atoms with van der Waals surface area (Å²) in [5.74, 6) is 0.998. The van der Waals surface area contributed by atoms with E-state index in [-0.39, 0.29) is 5.97 Å². The van der Waals surface area contributed by atoms with Gasteiger partial charge in [0.1, 0.15) is 11.5 Å². The minimum Gasteiger partial charge on any atom is -0.497 e. The van der Waals surface area contributed by atoms with Gasteiger partial charge in [-0.05, 0) is 31.2 Å². The monoisotopic (exact) mass is 236 g/mol. The smallest absolute Gasteiger partial charge is 0.330 e. The maximum Gasteiger partial charge on any atom is 0.330 e. The van der Waals surface area contributed by atoms with E-state index in [0.29, 0.717) is 18.1 Å². The van der Waals surface area contributed by atoms with E-state index < -0.39 is 0 Å². The van der Waals surface area contributed by atoms with Gasteiger partial charge >= 0.3 is 5.97 Å². The average molecular weight is 236 g/mol. The van der Waals surface area contributed by atoms with Crippen LogP contribution in [0.4, 0.5) is 0 Å². The molecule has 0 saturated carbocycles. The molecule has 0 aliphatic rings. The summed E-state index contributed by atoms with van der Waals surface area (Å²) in [7, 11) is 3.16. The van der Waals surface area contributed by atoms with E-state index in [9.17, 15) is 4.79 Å². The van der Waals surface area contributed by atoms with Crippen molar-refractivity contribution < 1.29 is 19.0 Å². The first kappa shape index (κ1) is 13.1. The number of ether oxygens (including phenoxy) is 3. The molecule has 0 spiro atoms. The number of carbonyl (C=O) groups is 1. The fraction of sp³-hybridized carbons (Fsp3) is 0.308. The molecule has 1 aromatic rings. The predicted octanol–water partition coefficient (Wildman–Crippen LogP) is 2.28. The van der Waals surface area contributed by atoms with Gasteiger partial charge in [0, 0.05) is 11.6 Å². The molecule has 0 bridgehead atoms. The number of rotatable bonds is 5. The first-order valence-corrected chi connectivity index (χ1v) is 5.28. The Bertz CT molecular complexity index is 410. The fourth-order valence-electron chi connectivity index (χ4n) is 1.32. The largest absolute Gasteiger partial charge is 0.497 e. The molecule has 4 nitrogen and oxygen atoms in total. The van der Waals surface area contributed by atoms with E-state index in [1.54, 1.807) is 45.4 Å². The highest BCUT2D eigenvalue weighted by atomic mass is 16.5. The highest BCUT2D eigenvalue weighted by Gasteiger charge is 2.02. The molecular formula is C13H16O4. The zero-order chi connectivity index (χ0) is 12.7. The van der Waals surface area contributed by atoms with Gasteiger partial charge in [0.05, 0.1) is 20.8 Å². The van der Waals surface area contributed by atoms with Crippen molar-refractivity contribution in [1.82, 2.24) is 0 Å². The Morgan fingerprint density at radius 3 is 2.65 bits per heavy atom. The van der Waals surface area contributed by atoms with Gasteiger partial charge in [-0.15, -0.1) is 0 Å². The Labute approximate surface area is 101 Å². The third-order valence-corrected chi connectivity index (χ3v) is 2.12. The normalized spacial score (nSPS) is 10.3. The van der Waals surface area contributed by atoms with Gasteiger partial charge in [0.15, 0.2) is 0 Å². The molecule has 0 aliphatic heterocycles. The Hall–Kier alpha value is -1.97. The number of methoxy groups -OCH3 is 2. The Balaban J connectivity index is 2.91. The van der Waals surface area contributed by atoms with Gasteiger partial charge in [-0.3, -0.25) is 0 Å². The van der Waals surface area contributed by atoms with Crippen LogP contribution in [0.2, 0.25) is 0 Å². The molecular weight excluding hydrogens is 220 g/mol. The average Bonchev–Trinajstić information content (AvgIpc) is 2.36. The lowest BCUT2D eigenvalue weighted by Gasteiger charge is -2.06. The summed E-state index contributed by atoms with van der Waals surface area (Å²) in [5.41, 5.74) is 0.764. The molecule has 0 amide bonds. The zero-order valence-corrected chi connectivity index (χ0v) is 10.2. The van der Waals surface area contributed by atoms with Crippen LogP contribution in [0.5, 0.6) is 11.5 Å². The molecule has 0 N–H and O–H groups in total. The topological polar surface area (TPSA) is 44.8 Å². The summed E-state index contributed by atoms with van der Waals surface area (Å²) in [4.78, 5) is 11.2. The number of esters is 1. The van der Waals surface area contributed by atoms with Gasteiger partial charge < -0.3 is 14.2 Å². The zero-order valence-electron chi connectivity index (χ0n) is 10.2. The maximum atomic E-state index is 11.2. The molecule has 0 unspecified atom stereocenters. The number of hydrogen-bond acceptors (Lipinski definition) is 4. The molecule has 17 heavy (non-hydrogen) atoms. The van der Waals surface area contributed by atoms with E-state index >= 15 is 0 Å². The van der Waals surface area contributed by atoms with Crippen LogP contribution in [0.15, 0.2) is 24.3 Å². The van der Waals surface area contributed by atoms with Crippen molar-refractivity contribution in [3.63, 3.8) is 0 Å². The van der Waals surface area contributed by atoms with E-state index in [4.69, 9.17) is 14.2 Å². The molecule has 0 aliphatic carbocycles. The Morgan fingerprint density at radius 1 is 1.29 bits per heavy atom.